The Morgan fingerprint density at radius 1 is 1.23 bits per heavy atom. The van der Waals surface area contributed by atoms with Crippen LogP contribution in [0.4, 0.5) is 15.2 Å². The molecule has 150 valence electrons. The Morgan fingerprint density at radius 3 is 2.77 bits per heavy atom. The number of aromatic nitrogens is 1. The van der Waals surface area contributed by atoms with Gasteiger partial charge in [-0.2, -0.15) is 0 Å². The summed E-state index contributed by atoms with van der Waals surface area (Å²) >= 11 is 7.11. The molecule has 2 heterocycles. The first-order valence-electron chi connectivity index (χ1n) is 8.71. The Kier molecular flexibility index (Phi) is 5.43. The Balaban J connectivity index is 1.65. The number of anilines is 2. The van der Waals surface area contributed by atoms with Gasteiger partial charge in [-0.15, -0.1) is 11.3 Å². The summed E-state index contributed by atoms with van der Waals surface area (Å²) in [5, 5.41) is 2.40. The average Bonchev–Trinajstić information content (AvgIpc) is 3.31. The zero-order valence-corrected chi connectivity index (χ0v) is 17.1. The molecule has 0 saturated carbocycles. The number of ether oxygens (including phenoxy) is 1. The first-order chi connectivity index (χ1) is 14.4. The second-order valence-electron chi connectivity index (χ2n) is 6.21. The number of benzene rings is 2. The third-order valence-corrected chi connectivity index (χ3v) is 5.17. The highest BCUT2D eigenvalue weighted by atomic mass is 35.5. The van der Waals surface area contributed by atoms with E-state index in [-0.39, 0.29) is 22.4 Å². The quantitative estimate of drug-likeness (QED) is 0.423. The molecule has 9 heteroatoms. The smallest absolute Gasteiger partial charge is 0.363 e. The first kappa shape index (κ1) is 19.9. The minimum atomic E-state index is -0.628. The van der Waals surface area contributed by atoms with Gasteiger partial charge in [0.25, 0.3) is 0 Å². The van der Waals surface area contributed by atoms with Crippen molar-refractivity contribution in [3.63, 3.8) is 0 Å². The topological polar surface area (TPSA) is 71.9 Å². The summed E-state index contributed by atoms with van der Waals surface area (Å²) in [5.74, 6) is -1.42. The van der Waals surface area contributed by atoms with Gasteiger partial charge in [0.15, 0.2) is 10.8 Å². The number of halogens is 2. The number of aliphatic imine (C=N–C) groups is 1. The summed E-state index contributed by atoms with van der Waals surface area (Å²) < 4.78 is 19.4. The number of para-hydroxylation sites is 1. The fourth-order valence-corrected chi connectivity index (χ4v) is 3.81. The highest BCUT2D eigenvalue weighted by Crippen LogP contribution is 2.31. The molecule has 0 fully saturated rings. The molecule has 1 aliphatic heterocycles. The molecular formula is C21H13ClFN3O3S. The molecule has 0 atom stereocenters. The number of thiazole rings is 1. The predicted molar refractivity (Wildman–Crippen MR) is 113 cm³/mol. The largest absolute Gasteiger partial charge is 0.402 e. The number of nitrogens with zero attached hydrogens (tertiary/aromatic N) is 3. The maximum Gasteiger partial charge on any atom is 0.363 e. The zero-order chi connectivity index (χ0) is 21.3. The summed E-state index contributed by atoms with van der Waals surface area (Å²) in [5.41, 5.74) is 1.11. The molecule has 1 aromatic heterocycles. The van der Waals surface area contributed by atoms with Crippen molar-refractivity contribution in [2.45, 2.75) is 6.92 Å². The van der Waals surface area contributed by atoms with Crippen LogP contribution in [-0.2, 0) is 14.3 Å². The van der Waals surface area contributed by atoms with E-state index in [9.17, 15) is 14.0 Å². The van der Waals surface area contributed by atoms with Crippen molar-refractivity contribution < 1.29 is 18.7 Å². The second kappa shape index (κ2) is 8.17. The fraction of sp³-hybridized carbons (Fsp3) is 0.0476. The van der Waals surface area contributed by atoms with Crippen molar-refractivity contribution in [3.8, 4) is 0 Å². The molecule has 30 heavy (non-hydrogen) atoms. The normalized spacial score (nSPS) is 14.6. The van der Waals surface area contributed by atoms with Crippen LogP contribution in [0, 0.1) is 5.82 Å². The lowest BCUT2D eigenvalue weighted by Gasteiger charge is -2.18. The Morgan fingerprint density at radius 2 is 2.03 bits per heavy atom. The van der Waals surface area contributed by atoms with Gasteiger partial charge in [-0.25, -0.2) is 19.2 Å². The predicted octanol–water partition coefficient (Wildman–Crippen LogP) is 4.96. The number of cyclic esters (lactones) is 1. The highest BCUT2D eigenvalue weighted by molar-refractivity contribution is 7.14. The van der Waals surface area contributed by atoms with Gasteiger partial charge in [0, 0.05) is 22.9 Å². The van der Waals surface area contributed by atoms with E-state index in [4.69, 9.17) is 16.3 Å². The lowest BCUT2D eigenvalue weighted by Crippen LogP contribution is -2.23. The molecule has 0 N–H and O–H groups in total. The van der Waals surface area contributed by atoms with Crippen LogP contribution < -0.4 is 4.90 Å². The first-order valence-corrected chi connectivity index (χ1v) is 9.97. The zero-order valence-electron chi connectivity index (χ0n) is 15.5. The van der Waals surface area contributed by atoms with Crippen molar-refractivity contribution in [1.82, 2.24) is 4.98 Å². The number of carbonyl (C=O) groups excluding carboxylic acids is 2. The molecule has 0 bridgehead atoms. The molecule has 0 saturated heterocycles. The molecule has 1 amide bonds. The van der Waals surface area contributed by atoms with E-state index in [2.05, 4.69) is 9.98 Å². The molecule has 1 aliphatic rings. The van der Waals surface area contributed by atoms with Crippen LogP contribution in [0.2, 0.25) is 5.02 Å². The highest BCUT2D eigenvalue weighted by Gasteiger charge is 2.25. The van der Waals surface area contributed by atoms with Crippen LogP contribution >= 0.6 is 22.9 Å². The summed E-state index contributed by atoms with van der Waals surface area (Å²) in [4.78, 5) is 34.0. The van der Waals surface area contributed by atoms with Gasteiger partial charge in [0.05, 0.1) is 11.4 Å². The van der Waals surface area contributed by atoms with E-state index in [1.807, 2.05) is 0 Å². The third-order valence-electron chi connectivity index (χ3n) is 4.09. The lowest BCUT2D eigenvalue weighted by atomic mass is 10.2. The summed E-state index contributed by atoms with van der Waals surface area (Å²) in [7, 11) is 0. The number of hydrogen-bond acceptors (Lipinski definition) is 6. The van der Waals surface area contributed by atoms with Crippen LogP contribution in [0.1, 0.15) is 18.2 Å². The van der Waals surface area contributed by atoms with E-state index in [0.29, 0.717) is 16.3 Å². The molecule has 3 aromatic rings. The van der Waals surface area contributed by atoms with Crippen molar-refractivity contribution in [2.24, 2.45) is 4.99 Å². The molecule has 6 nitrogen and oxygen atoms in total. The Hall–Kier alpha value is -3.36. The van der Waals surface area contributed by atoms with E-state index in [1.54, 1.807) is 35.7 Å². The SMILES string of the molecule is CC(=O)N(c1nc(C=C2N=C(c3cccc(Cl)c3)OC2=O)cs1)c1ccccc1F. The fourth-order valence-electron chi connectivity index (χ4n) is 2.78. The molecule has 0 radical (unpaired) electrons. The summed E-state index contributed by atoms with van der Waals surface area (Å²) in [6.45, 7) is 1.32. The van der Waals surface area contributed by atoms with Gasteiger partial charge in [-0.05, 0) is 36.4 Å². The summed E-state index contributed by atoms with van der Waals surface area (Å²) in [6, 6.07) is 12.7. The molecular weight excluding hydrogens is 429 g/mol. The van der Waals surface area contributed by atoms with E-state index < -0.39 is 17.7 Å². The van der Waals surface area contributed by atoms with Crippen molar-refractivity contribution in [1.29, 1.82) is 0 Å². The minimum absolute atomic E-state index is 0.0575. The van der Waals surface area contributed by atoms with Gasteiger partial charge in [-0.3, -0.25) is 9.69 Å². The summed E-state index contributed by atoms with van der Waals surface area (Å²) in [6.07, 6.45) is 1.44. The van der Waals surface area contributed by atoms with E-state index in [0.717, 1.165) is 11.3 Å². The van der Waals surface area contributed by atoms with Gasteiger partial charge in [0.2, 0.25) is 11.8 Å². The van der Waals surface area contributed by atoms with Crippen molar-refractivity contribution in [2.75, 3.05) is 4.90 Å². The van der Waals surface area contributed by atoms with Crippen LogP contribution in [-0.4, -0.2) is 22.8 Å². The molecule has 0 spiro atoms. The number of amides is 1. The average molecular weight is 442 g/mol. The molecule has 0 unspecified atom stereocenters. The van der Waals surface area contributed by atoms with Crippen LogP contribution in [0.25, 0.3) is 6.08 Å². The molecule has 2 aromatic carbocycles. The molecule has 0 aliphatic carbocycles. The van der Waals surface area contributed by atoms with E-state index in [1.165, 1.54) is 36.1 Å². The monoisotopic (exact) mass is 441 g/mol. The molecule has 4 rings (SSSR count). The number of hydrogen-bond donors (Lipinski definition) is 0. The third kappa shape index (κ3) is 4.00. The van der Waals surface area contributed by atoms with Gasteiger partial charge in [0.1, 0.15) is 5.82 Å². The van der Waals surface area contributed by atoms with Gasteiger partial charge < -0.3 is 4.74 Å². The van der Waals surface area contributed by atoms with Crippen LogP contribution in [0.5, 0.6) is 0 Å². The lowest BCUT2D eigenvalue weighted by molar-refractivity contribution is -0.130. The number of carbonyl (C=O) groups is 2. The van der Waals surface area contributed by atoms with Crippen LogP contribution in [0.3, 0.4) is 0 Å². The van der Waals surface area contributed by atoms with Crippen molar-refractivity contribution >= 4 is 57.6 Å². The number of rotatable bonds is 4. The van der Waals surface area contributed by atoms with Gasteiger partial charge >= 0.3 is 5.97 Å². The Bertz CT molecular complexity index is 1220. The van der Waals surface area contributed by atoms with Crippen molar-refractivity contribution in [3.05, 3.63) is 81.7 Å². The second-order valence-corrected chi connectivity index (χ2v) is 7.48. The standard InChI is InChI=1S/C21H13ClFN3O3S/c1-12(27)26(18-8-3-2-7-16(18)23)21-24-15(11-30-21)10-17-20(28)29-19(25-17)13-5-4-6-14(22)9-13/h2-11H,1H3. The van der Waals surface area contributed by atoms with Crippen LogP contribution in [0.15, 0.2) is 64.6 Å². The number of esters is 1. The maximum absolute atomic E-state index is 14.2. The van der Waals surface area contributed by atoms with Gasteiger partial charge in [-0.1, -0.05) is 29.8 Å². The maximum atomic E-state index is 14.2. The van der Waals surface area contributed by atoms with E-state index >= 15 is 0 Å². The minimum Gasteiger partial charge on any atom is -0.402 e. The Labute approximate surface area is 179 Å².